The van der Waals surface area contributed by atoms with Crippen molar-refractivity contribution in [2.75, 3.05) is 0 Å². The molecule has 1 aromatic rings. The minimum Gasteiger partial charge on any atom is -0.409 e. The van der Waals surface area contributed by atoms with Gasteiger partial charge in [0, 0.05) is 0 Å². The highest BCUT2D eigenvalue weighted by Crippen LogP contribution is 2.13. The number of rotatable bonds is 7. The molecule has 1 atom stereocenters. The molecule has 0 radical (unpaired) electrons. The molecule has 0 aliphatic carbocycles. The fourth-order valence-corrected chi connectivity index (χ4v) is 2.27. The number of nitrogens with one attached hydrogen (secondary N) is 1. The van der Waals surface area contributed by atoms with Crippen LogP contribution in [-0.2, 0) is 6.42 Å². The highest BCUT2D eigenvalue weighted by atomic mass is 32.1. The maximum Gasteiger partial charge on any atom is 0.265 e. The van der Waals surface area contributed by atoms with E-state index in [0.29, 0.717) is 23.4 Å². The first-order chi connectivity index (χ1) is 9.13. The Morgan fingerprint density at radius 2 is 2.26 bits per heavy atom. The van der Waals surface area contributed by atoms with Gasteiger partial charge >= 0.3 is 0 Å². The van der Waals surface area contributed by atoms with E-state index in [9.17, 15) is 4.79 Å². The minimum atomic E-state index is -0.473. The maximum absolute atomic E-state index is 12.1. The predicted molar refractivity (Wildman–Crippen MR) is 73.5 cm³/mol. The van der Waals surface area contributed by atoms with Crippen LogP contribution in [0.25, 0.3) is 0 Å². The maximum atomic E-state index is 12.1. The van der Waals surface area contributed by atoms with Gasteiger partial charge in [0.15, 0.2) is 5.84 Å². The number of hydrogen-bond acceptors (Lipinski definition) is 6. The summed E-state index contributed by atoms with van der Waals surface area (Å²) in [6.07, 6.45) is 3.02. The van der Waals surface area contributed by atoms with Crippen LogP contribution in [0.1, 0.15) is 48.5 Å². The van der Waals surface area contributed by atoms with E-state index < -0.39 is 6.04 Å². The molecule has 8 heteroatoms. The van der Waals surface area contributed by atoms with Crippen LogP contribution in [0.3, 0.4) is 0 Å². The van der Waals surface area contributed by atoms with Crippen LogP contribution in [0, 0.1) is 0 Å². The summed E-state index contributed by atoms with van der Waals surface area (Å²) in [5.41, 5.74) is 6.25. The second-order valence-corrected chi connectivity index (χ2v) is 4.89. The summed E-state index contributed by atoms with van der Waals surface area (Å²) < 4.78 is 3.80. The predicted octanol–water partition coefficient (Wildman–Crippen LogP) is 1.14. The molecular weight excluding hydrogens is 266 g/mol. The standard InChI is InChI=1S/C11H19N5O2S/c1-3-5-7-9(19-16-14-7)11(17)13-8(6-4-2)10(12)15-18/h8,18H,3-6H2,1-2H3,(H2,12,15)(H,13,17). The van der Waals surface area contributed by atoms with Gasteiger partial charge in [-0.3, -0.25) is 4.79 Å². The Balaban J connectivity index is 2.78. The molecule has 7 nitrogen and oxygen atoms in total. The lowest BCUT2D eigenvalue weighted by molar-refractivity contribution is 0.0948. The van der Waals surface area contributed by atoms with E-state index in [1.165, 1.54) is 0 Å². The molecule has 1 aromatic heterocycles. The monoisotopic (exact) mass is 285 g/mol. The first-order valence-corrected chi connectivity index (χ1v) is 7.00. The van der Waals surface area contributed by atoms with Gasteiger partial charge in [-0.05, 0) is 24.4 Å². The summed E-state index contributed by atoms with van der Waals surface area (Å²) in [6, 6.07) is -0.473. The number of hydrogen-bond donors (Lipinski definition) is 3. The van der Waals surface area contributed by atoms with Crippen LogP contribution in [0.2, 0.25) is 0 Å². The van der Waals surface area contributed by atoms with Gasteiger partial charge < -0.3 is 16.3 Å². The largest absolute Gasteiger partial charge is 0.409 e. The summed E-state index contributed by atoms with van der Waals surface area (Å²) in [4.78, 5) is 12.6. The van der Waals surface area contributed by atoms with Gasteiger partial charge in [-0.25, -0.2) is 0 Å². The Labute approximate surface area is 116 Å². The average molecular weight is 285 g/mol. The third kappa shape index (κ3) is 4.16. The number of nitrogens with zero attached hydrogens (tertiary/aromatic N) is 3. The number of amidine groups is 1. The van der Waals surface area contributed by atoms with Crippen molar-refractivity contribution in [1.82, 2.24) is 14.9 Å². The number of aromatic nitrogens is 2. The summed E-state index contributed by atoms with van der Waals surface area (Å²) in [5.74, 6) is -0.270. The summed E-state index contributed by atoms with van der Waals surface area (Å²) in [7, 11) is 0. The van der Waals surface area contributed by atoms with E-state index >= 15 is 0 Å². The number of carbonyl (C=O) groups is 1. The van der Waals surface area contributed by atoms with Gasteiger partial charge in [0.1, 0.15) is 4.88 Å². The van der Waals surface area contributed by atoms with Crippen LogP contribution in [0.4, 0.5) is 0 Å². The van der Waals surface area contributed by atoms with E-state index in [1.54, 1.807) is 0 Å². The lowest BCUT2D eigenvalue weighted by atomic mass is 10.1. The van der Waals surface area contributed by atoms with E-state index in [1.807, 2.05) is 13.8 Å². The molecule has 0 saturated carbocycles. The summed E-state index contributed by atoms with van der Waals surface area (Å²) >= 11 is 1.06. The van der Waals surface area contributed by atoms with Crippen molar-refractivity contribution >= 4 is 23.3 Å². The van der Waals surface area contributed by atoms with E-state index in [-0.39, 0.29) is 11.7 Å². The van der Waals surface area contributed by atoms with Gasteiger partial charge in [-0.15, -0.1) is 5.10 Å². The quantitative estimate of drug-likeness (QED) is 0.301. The Morgan fingerprint density at radius 3 is 2.84 bits per heavy atom. The van der Waals surface area contributed by atoms with Gasteiger partial charge in [-0.1, -0.05) is 36.3 Å². The Bertz CT molecular complexity index is 446. The molecule has 0 saturated heterocycles. The Kier molecular flexibility index (Phi) is 6.20. The van der Waals surface area contributed by atoms with Crippen LogP contribution in [0.5, 0.6) is 0 Å². The molecule has 1 rings (SSSR count). The zero-order valence-corrected chi connectivity index (χ0v) is 11.9. The lowest BCUT2D eigenvalue weighted by Gasteiger charge is -2.15. The molecule has 4 N–H and O–H groups in total. The zero-order valence-electron chi connectivity index (χ0n) is 11.1. The highest BCUT2D eigenvalue weighted by Gasteiger charge is 2.21. The number of amides is 1. The first-order valence-electron chi connectivity index (χ1n) is 6.23. The minimum absolute atomic E-state index is 0.00437. The van der Waals surface area contributed by atoms with Gasteiger partial charge in [0.05, 0.1) is 11.7 Å². The highest BCUT2D eigenvalue weighted by molar-refractivity contribution is 7.08. The second kappa shape index (κ2) is 7.67. The fraction of sp³-hybridized carbons (Fsp3) is 0.636. The topological polar surface area (TPSA) is 113 Å². The first kappa shape index (κ1) is 15.4. The Hall–Kier alpha value is -1.70. The average Bonchev–Trinajstić information content (AvgIpc) is 2.86. The van der Waals surface area contributed by atoms with Crippen LogP contribution in [0.15, 0.2) is 5.16 Å². The third-order valence-corrected chi connectivity index (χ3v) is 3.37. The van der Waals surface area contributed by atoms with Crippen LogP contribution >= 0.6 is 11.5 Å². The van der Waals surface area contributed by atoms with E-state index in [0.717, 1.165) is 24.4 Å². The van der Waals surface area contributed by atoms with Crippen LogP contribution in [-0.4, -0.2) is 32.6 Å². The van der Waals surface area contributed by atoms with Crippen LogP contribution < -0.4 is 11.1 Å². The third-order valence-electron chi connectivity index (χ3n) is 2.60. The van der Waals surface area contributed by atoms with Crippen molar-refractivity contribution in [2.45, 2.75) is 45.6 Å². The van der Waals surface area contributed by atoms with Crippen molar-refractivity contribution in [2.24, 2.45) is 10.9 Å². The molecule has 0 spiro atoms. The number of carbonyl (C=O) groups excluding carboxylic acids is 1. The number of aryl methyl sites for hydroxylation is 1. The van der Waals surface area contributed by atoms with Crippen molar-refractivity contribution in [3.05, 3.63) is 10.6 Å². The lowest BCUT2D eigenvalue weighted by Crippen LogP contribution is -2.44. The summed E-state index contributed by atoms with van der Waals surface area (Å²) in [6.45, 7) is 3.97. The fourth-order valence-electron chi connectivity index (χ4n) is 1.66. The SMILES string of the molecule is CCCc1nnsc1C(=O)NC(CCC)C(N)=NO. The molecule has 1 heterocycles. The van der Waals surface area contributed by atoms with E-state index in [4.69, 9.17) is 10.9 Å². The number of nitrogens with two attached hydrogens (primary N) is 1. The summed E-state index contributed by atoms with van der Waals surface area (Å²) in [5, 5.41) is 18.3. The second-order valence-electron chi connectivity index (χ2n) is 4.14. The molecule has 1 amide bonds. The number of oxime groups is 1. The van der Waals surface area contributed by atoms with Crippen molar-refractivity contribution in [1.29, 1.82) is 0 Å². The molecule has 19 heavy (non-hydrogen) atoms. The molecule has 0 bridgehead atoms. The molecule has 0 fully saturated rings. The molecular formula is C11H19N5O2S. The zero-order chi connectivity index (χ0) is 14.3. The molecule has 0 aliphatic rings. The van der Waals surface area contributed by atoms with E-state index in [2.05, 4.69) is 20.1 Å². The van der Waals surface area contributed by atoms with Crippen molar-refractivity contribution < 1.29 is 10.0 Å². The van der Waals surface area contributed by atoms with Gasteiger partial charge in [0.25, 0.3) is 5.91 Å². The van der Waals surface area contributed by atoms with Crippen molar-refractivity contribution in [3.8, 4) is 0 Å². The molecule has 106 valence electrons. The molecule has 0 aliphatic heterocycles. The van der Waals surface area contributed by atoms with Gasteiger partial charge in [0.2, 0.25) is 0 Å². The molecule has 0 aromatic carbocycles. The Morgan fingerprint density at radius 1 is 1.53 bits per heavy atom. The smallest absolute Gasteiger partial charge is 0.265 e. The van der Waals surface area contributed by atoms with Crippen molar-refractivity contribution in [3.63, 3.8) is 0 Å². The van der Waals surface area contributed by atoms with Gasteiger partial charge in [-0.2, -0.15) is 0 Å². The molecule has 1 unspecified atom stereocenters. The normalized spacial score (nSPS) is 13.3.